The van der Waals surface area contributed by atoms with Crippen LogP contribution < -0.4 is 9.62 Å². The van der Waals surface area contributed by atoms with E-state index in [1.165, 1.54) is 18.2 Å². The van der Waals surface area contributed by atoms with E-state index >= 15 is 0 Å². The number of amides is 1. The molecule has 2 aromatic carbocycles. The molecule has 0 aliphatic carbocycles. The summed E-state index contributed by atoms with van der Waals surface area (Å²) in [6.45, 7) is 1.33. The molecular weight excluding hydrogens is 448 g/mol. The van der Waals surface area contributed by atoms with Gasteiger partial charge in [-0.2, -0.15) is 13.2 Å². The second-order valence-electron chi connectivity index (χ2n) is 6.50. The number of benzene rings is 2. The van der Waals surface area contributed by atoms with Gasteiger partial charge in [-0.05, 0) is 42.3 Å². The Balaban J connectivity index is 2.27. The highest BCUT2D eigenvalue weighted by Gasteiger charge is 2.32. The molecule has 164 valence electrons. The fraction of sp³-hybridized carbons (Fsp3) is 0.316. The summed E-state index contributed by atoms with van der Waals surface area (Å²) >= 11 is 5.74. The molecule has 0 bridgehead atoms. The summed E-state index contributed by atoms with van der Waals surface area (Å²) in [5.74, 6) is -1.48. The zero-order valence-corrected chi connectivity index (χ0v) is 17.6. The number of hydrogen-bond donors (Lipinski definition) is 1. The SMILES string of the molecule is CC[C@@H](C(=O)NCc1cccc(C(F)(F)F)c1)N(c1ccc(F)c(Cl)c1)S(C)(=O)=O. The van der Waals surface area contributed by atoms with Crippen LogP contribution >= 0.6 is 11.6 Å². The zero-order valence-electron chi connectivity index (χ0n) is 16.0. The molecule has 0 heterocycles. The van der Waals surface area contributed by atoms with Gasteiger partial charge in [0.1, 0.15) is 11.9 Å². The molecule has 0 fully saturated rings. The van der Waals surface area contributed by atoms with E-state index in [0.717, 1.165) is 34.8 Å². The first-order valence-electron chi connectivity index (χ1n) is 8.73. The lowest BCUT2D eigenvalue weighted by atomic mass is 10.1. The lowest BCUT2D eigenvalue weighted by Gasteiger charge is -2.30. The normalized spacial score (nSPS) is 13.0. The van der Waals surface area contributed by atoms with Crippen molar-refractivity contribution in [3.05, 3.63) is 64.4 Å². The molecule has 0 aliphatic heterocycles. The Morgan fingerprint density at radius 2 is 1.87 bits per heavy atom. The van der Waals surface area contributed by atoms with Gasteiger partial charge in [0.2, 0.25) is 15.9 Å². The Kier molecular flexibility index (Phi) is 7.36. The third-order valence-electron chi connectivity index (χ3n) is 4.21. The van der Waals surface area contributed by atoms with Crippen LogP contribution in [0.5, 0.6) is 0 Å². The summed E-state index contributed by atoms with van der Waals surface area (Å²) in [4.78, 5) is 12.7. The van der Waals surface area contributed by atoms with Gasteiger partial charge < -0.3 is 5.32 Å². The predicted molar refractivity (Wildman–Crippen MR) is 106 cm³/mol. The first-order valence-corrected chi connectivity index (χ1v) is 11.0. The quantitative estimate of drug-likeness (QED) is 0.617. The smallest absolute Gasteiger partial charge is 0.350 e. The number of nitrogens with one attached hydrogen (secondary N) is 1. The van der Waals surface area contributed by atoms with Gasteiger partial charge in [0.15, 0.2) is 0 Å². The summed E-state index contributed by atoms with van der Waals surface area (Å²) in [5.41, 5.74) is -0.672. The van der Waals surface area contributed by atoms with Crippen molar-refractivity contribution in [3.63, 3.8) is 0 Å². The standard InChI is InChI=1S/C19H19ClF4N2O3S/c1-3-17(26(30(2,28)29)14-7-8-16(21)15(20)10-14)18(27)25-11-12-5-4-6-13(9-12)19(22,23)24/h4-10,17H,3,11H2,1-2H3,(H,25,27)/t17-/m0/s1. The number of alkyl halides is 3. The molecule has 2 rings (SSSR count). The van der Waals surface area contributed by atoms with E-state index in [9.17, 15) is 30.8 Å². The Morgan fingerprint density at radius 3 is 2.40 bits per heavy atom. The summed E-state index contributed by atoms with van der Waals surface area (Å²) in [7, 11) is -3.97. The zero-order chi connectivity index (χ0) is 22.7. The molecule has 2 aromatic rings. The van der Waals surface area contributed by atoms with E-state index in [4.69, 9.17) is 11.6 Å². The number of carbonyl (C=O) groups is 1. The fourth-order valence-corrected chi connectivity index (χ4v) is 4.23. The Bertz CT molecular complexity index is 1030. The van der Waals surface area contributed by atoms with Gasteiger partial charge >= 0.3 is 6.18 Å². The van der Waals surface area contributed by atoms with E-state index in [1.807, 2.05) is 0 Å². The fourth-order valence-electron chi connectivity index (χ4n) is 2.85. The van der Waals surface area contributed by atoms with Gasteiger partial charge in [-0.1, -0.05) is 30.7 Å². The van der Waals surface area contributed by atoms with Crippen molar-refractivity contribution in [2.24, 2.45) is 0 Å². The van der Waals surface area contributed by atoms with Crippen molar-refractivity contribution in [1.29, 1.82) is 0 Å². The molecule has 0 spiro atoms. The summed E-state index contributed by atoms with van der Waals surface area (Å²) in [6.07, 6.45) is -3.59. The van der Waals surface area contributed by atoms with Crippen molar-refractivity contribution in [3.8, 4) is 0 Å². The number of nitrogens with zero attached hydrogens (tertiary/aromatic N) is 1. The van der Waals surface area contributed by atoms with Gasteiger partial charge in [0, 0.05) is 6.54 Å². The van der Waals surface area contributed by atoms with Crippen LogP contribution in [0.3, 0.4) is 0 Å². The van der Waals surface area contributed by atoms with Crippen LogP contribution in [0.15, 0.2) is 42.5 Å². The maximum atomic E-state index is 13.5. The monoisotopic (exact) mass is 466 g/mol. The molecule has 1 amide bonds. The first kappa shape index (κ1) is 23.9. The van der Waals surface area contributed by atoms with E-state index < -0.39 is 39.5 Å². The molecule has 0 unspecified atom stereocenters. The van der Waals surface area contributed by atoms with Crippen molar-refractivity contribution >= 4 is 33.2 Å². The van der Waals surface area contributed by atoms with Crippen molar-refractivity contribution < 1.29 is 30.8 Å². The Labute approximate surface area is 176 Å². The van der Waals surface area contributed by atoms with Crippen LogP contribution in [0.4, 0.5) is 23.2 Å². The topological polar surface area (TPSA) is 66.5 Å². The third kappa shape index (κ3) is 5.85. The Hall–Kier alpha value is -2.33. The second kappa shape index (κ2) is 9.22. The highest BCUT2D eigenvalue weighted by atomic mass is 35.5. The van der Waals surface area contributed by atoms with Crippen LogP contribution in [0.25, 0.3) is 0 Å². The average molecular weight is 467 g/mol. The van der Waals surface area contributed by atoms with Crippen molar-refractivity contribution in [2.75, 3.05) is 10.6 Å². The molecule has 0 radical (unpaired) electrons. The molecule has 11 heteroatoms. The van der Waals surface area contributed by atoms with Gasteiger partial charge in [-0.3, -0.25) is 9.10 Å². The number of sulfonamides is 1. The second-order valence-corrected chi connectivity index (χ2v) is 8.76. The minimum absolute atomic E-state index is 0.00929. The van der Waals surface area contributed by atoms with Crippen LogP contribution in [0.2, 0.25) is 5.02 Å². The number of hydrogen-bond acceptors (Lipinski definition) is 3. The molecular formula is C19H19ClF4N2O3S. The van der Waals surface area contributed by atoms with Crippen molar-refractivity contribution in [1.82, 2.24) is 5.32 Å². The summed E-state index contributed by atoms with van der Waals surface area (Å²) < 4.78 is 77.5. The van der Waals surface area contributed by atoms with Crippen LogP contribution in [0.1, 0.15) is 24.5 Å². The highest BCUT2D eigenvalue weighted by molar-refractivity contribution is 7.92. The van der Waals surface area contributed by atoms with Gasteiger partial charge in [0.25, 0.3) is 0 Å². The first-order chi connectivity index (χ1) is 13.8. The molecule has 0 saturated heterocycles. The molecule has 0 aromatic heterocycles. The maximum absolute atomic E-state index is 13.5. The van der Waals surface area contributed by atoms with Gasteiger partial charge in [-0.15, -0.1) is 0 Å². The Morgan fingerprint density at radius 1 is 1.20 bits per heavy atom. The van der Waals surface area contributed by atoms with E-state index in [2.05, 4.69) is 5.32 Å². The van der Waals surface area contributed by atoms with Crippen molar-refractivity contribution in [2.45, 2.75) is 32.1 Å². The van der Waals surface area contributed by atoms with Gasteiger partial charge in [-0.25, -0.2) is 12.8 Å². The molecule has 0 saturated carbocycles. The molecule has 5 nitrogen and oxygen atoms in total. The van der Waals surface area contributed by atoms with Crippen LogP contribution in [0, 0.1) is 5.82 Å². The lowest BCUT2D eigenvalue weighted by molar-refractivity contribution is -0.137. The molecule has 30 heavy (non-hydrogen) atoms. The summed E-state index contributed by atoms with van der Waals surface area (Å²) in [5, 5.41) is 2.14. The van der Waals surface area contributed by atoms with Crippen LogP contribution in [-0.4, -0.2) is 26.6 Å². The predicted octanol–water partition coefficient (Wildman–Crippen LogP) is 4.36. The van der Waals surface area contributed by atoms with Gasteiger partial charge in [0.05, 0.1) is 22.5 Å². The molecule has 0 aliphatic rings. The number of rotatable bonds is 7. The van der Waals surface area contributed by atoms with E-state index in [0.29, 0.717) is 0 Å². The summed E-state index contributed by atoms with van der Waals surface area (Å²) in [6, 6.07) is 6.44. The van der Waals surface area contributed by atoms with E-state index in [1.54, 1.807) is 6.92 Å². The maximum Gasteiger partial charge on any atom is 0.416 e. The third-order valence-corrected chi connectivity index (χ3v) is 5.68. The van der Waals surface area contributed by atoms with E-state index in [-0.39, 0.29) is 29.2 Å². The highest BCUT2D eigenvalue weighted by Crippen LogP contribution is 2.30. The molecule has 1 atom stereocenters. The average Bonchev–Trinajstić information content (AvgIpc) is 2.65. The van der Waals surface area contributed by atoms with Crippen LogP contribution in [-0.2, 0) is 27.5 Å². The number of anilines is 1. The molecule has 1 N–H and O–H groups in total. The lowest BCUT2D eigenvalue weighted by Crippen LogP contribution is -2.49. The largest absolute Gasteiger partial charge is 0.416 e. The minimum Gasteiger partial charge on any atom is -0.350 e. The number of carbonyl (C=O) groups excluding carboxylic acids is 1. The number of halogens is 5. The minimum atomic E-state index is -4.53.